The van der Waals surface area contributed by atoms with Crippen LogP contribution in [0.5, 0.6) is 0 Å². The average Bonchev–Trinajstić information content (AvgIpc) is 3.90. The van der Waals surface area contributed by atoms with E-state index in [1.807, 2.05) is 11.3 Å². The SMILES string of the molecule is CCC1/C=C(c2ccccc2)\N=C(\c2ccccc2-c2ccc(-c3ccc4ccccc4c3)c3oc4ccccc4c23)CC/C(C)=C/1c1cccc2sc3ccccc3c12. The fourth-order valence-electron chi connectivity index (χ4n) is 9.59. The second kappa shape index (κ2) is 15.1. The van der Waals surface area contributed by atoms with Crippen LogP contribution in [0.2, 0.25) is 0 Å². The van der Waals surface area contributed by atoms with Gasteiger partial charge >= 0.3 is 0 Å². The van der Waals surface area contributed by atoms with Gasteiger partial charge in [-0.3, -0.25) is 4.99 Å². The molecule has 0 spiro atoms. The van der Waals surface area contributed by atoms with Crippen molar-refractivity contribution in [1.82, 2.24) is 0 Å². The maximum absolute atomic E-state index is 6.82. The Bertz CT molecular complexity index is 3380. The van der Waals surface area contributed by atoms with Crippen LogP contribution >= 0.6 is 11.3 Å². The van der Waals surface area contributed by atoms with Crippen molar-refractivity contribution in [3.8, 4) is 22.3 Å². The lowest BCUT2D eigenvalue weighted by molar-refractivity contribution is 0.670. The molecule has 0 bridgehead atoms. The van der Waals surface area contributed by atoms with E-state index in [2.05, 4.69) is 196 Å². The van der Waals surface area contributed by atoms with E-state index in [1.54, 1.807) is 0 Å². The summed E-state index contributed by atoms with van der Waals surface area (Å²) in [5.74, 6) is 0.183. The van der Waals surface area contributed by atoms with Crippen LogP contribution in [0.15, 0.2) is 197 Å². The van der Waals surface area contributed by atoms with Crippen molar-refractivity contribution in [2.75, 3.05) is 0 Å². The Morgan fingerprint density at radius 3 is 2.12 bits per heavy atom. The molecule has 2 nitrogen and oxygen atoms in total. The van der Waals surface area contributed by atoms with Gasteiger partial charge in [-0.2, -0.15) is 0 Å². The number of fused-ring (bicyclic) bond motifs is 7. The highest BCUT2D eigenvalue weighted by Gasteiger charge is 2.25. The molecule has 1 atom stereocenters. The Kier molecular flexibility index (Phi) is 9.13. The molecule has 8 aromatic carbocycles. The standard InChI is InChI=1S/C57H43NOS/c1-3-37-35-50(39-17-5-4-6-18-39)58-49(33-28-36(2)54(37)48-24-15-27-53-55(48)47-23-12-14-26-52(47)60-53)44-21-10-9-20-43(44)45-32-31-42(41-30-29-38-16-7-8-19-40(38)34-41)57-56(45)46-22-11-13-25-51(46)59-57/h4-27,29-32,34-35,37H,3,28,33H2,1-2H3/b50-35-,54-36-,58-49+. The zero-order valence-electron chi connectivity index (χ0n) is 33.8. The maximum atomic E-state index is 6.82. The summed E-state index contributed by atoms with van der Waals surface area (Å²) in [6.07, 6.45) is 5.13. The molecule has 11 rings (SSSR count). The van der Waals surface area contributed by atoms with Gasteiger partial charge in [-0.25, -0.2) is 0 Å². The van der Waals surface area contributed by atoms with Crippen molar-refractivity contribution in [2.45, 2.75) is 33.1 Å². The monoisotopic (exact) mass is 789 g/mol. The van der Waals surface area contributed by atoms with Gasteiger partial charge < -0.3 is 4.42 Å². The Morgan fingerprint density at radius 1 is 0.550 bits per heavy atom. The molecule has 10 aromatic rings. The molecule has 0 radical (unpaired) electrons. The van der Waals surface area contributed by atoms with E-state index in [0.29, 0.717) is 0 Å². The molecule has 2 aromatic heterocycles. The third-order valence-corrected chi connectivity index (χ3v) is 13.6. The van der Waals surface area contributed by atoms with Gasteiger partial charge in [-0.1, -0.05) is 164 Å². The van der Waals surface area contributed by atoms with E-state index >= 15 is 0 Å². The van der Waals surface area contributed by atoms with Crippen LogP contribution in [0.3, 0.4) is 0 Å². The summed E-state index contributed by atoms with van der Waals surface area (Å²) in [6, 6.07) is 63.7. The van der Waals surface area contributed by atoms with Crippen LogP contribution in [0.25, 0.3) is 86.4 Å². The number of allylic oxidation sites excluding steroid dienone is 3. The molecule has 1 aliphatic heterocycles. The molecule has 0 saturated heterocycles. The van der Waals surface area contributed by atoms with Crippen LogP contribution in [-0.2, 0) is 0 Å². The molecule has 60 heavy (non-hydrogen) atoms. The smallest absolute Gasteiger partial charge is 0.143 e. The van der Waals surface area contributed by atoms with E-state index in [1.165, 1.54) is 47.7 Å². The first-order chi connectivity index (χ1) is 29.6. The lowest BCUT2D eigenvalue weighted by atomic mass is 9.83. The zero-order chi connectivity index (χ0) is 40.2. The summed E-state index contributed by atoms with van der Waals surface area (Å²) in [5, 5.41) is 7.40. The van der Waals surface area contributed by atoms with Crippen LogP contribution in [0, 0.1) is 5.92 Å². The molecule has 288 valence electrons. The quantitative estimate of drug-likeness (QED) is 0.165. The second-order valence-electron chi connectivity index (χ2n) is 16.0. The highest BCUT2D eigenvalue weighted by Crippen LogP contribution is 2.46. The Morgan fingerprint density at radius 2 is 1.25 bits per heavy atom. The normalized spacial score (nSPS) is 18.0. The number of nitrogens with zero attached hydrogens (tertiary/aromatic N) is 1. The highest BCUT2D eigenvalue weighted by molar-refractivity contribution is 7.25. The van der Waals surface area contributed by atoms with Crippen molar-refractivity contribution in [3.05, 3.63) is 204 Å². The van der Waals surface area contributed by atoms with E-state index in [-0.39, 0.29) is 5.92 Å². The lowest BCUT2D eigenvalue weighted by Crippen LogP contribution is -2.05. The van der Waals surface area contributed by atoms with Crippen molar-refractivity contribution in [3.63, 3.8) is 0 Å². The molecule has 1 aliphatic rings. The molecule has 0 saturated carbocycles. The molecule has 3 heterocycles. The van der Waals surface area contributed by atoms with E-state index < -0.39 is 0 Å². The first-order valence-electron chi connectivity index (χ1n) is 21.1. The minimum atomic E-state index is 0.183. The van der Waals surface area contributed by atoms with Crippen LogP contribution in [0.4, 0.5) is 0 Å². The van der Waals surface area contributed by atoms with Crippen LogP contribution in [-0.4, -0.2) is 5.71 Å². The predicted molar refractivity (Wildman–Crippen MR) is 258 cm³/mol. The summed E-state index contributed by atoms with van der Waals surface area (Å²) >= 11 is 1.89. The number of aliphatic imine (C=N–C) groups is 1. The number of rotatable bonds is 6. The van der Waals surface area contributed by atoms with E-state index in [4.69, 9.17) is 9.41 Å². The number of hydrogen-bond donors (Lipinski definition) is 0. The van der Waals surface area contributed by atoms with E-state index in [9.17, 15) is 0 Å². The fourth-order valence-corrected chi connectivity index (χ4v) is 10.7. The van der Waals surface area contributed by atoms with Gasteiger partial charge in [0.15, 0.2) is 0 Å². The molecular formula is C57H43NOS. The highest BCUT2D eigenvalue weighted by atomic mass is 32.1. The summed E-state index contributed by atoms with van der Waals surface area (Å²) in [7, 11) is 0. The van der Waals surface area contributed by atoms with Gasteiger partial charge in [0.05, 0.1) is 5.70 Å². The largest absolute Gasteiger partial charge is 0.455 e. The van der Waals surface area contributed by atoms with Gasteiger partial charge in [0.2, 0.25) is 0 Å². The fraction of sp³-hybridized carbons (Fsp3) is 0.105. The van der Waals surface area contributed by atoms with Gasteiger partial charge in [0.25, 0.3) is 0 Å². The van der Waals surface area contributed by atoms with Crippen molar-refractivity contribution in [1.29, 1.82) is 0 Å². The Hall–Kier alpha value is -6.81. The number of benzene rings is 8. The lowest BCUT2D eigenvalue weighted by Gasteiger charge is -2.21. The molecule has 1 unspecified atom stereocenters. The van der Waals surface area contributed by atoms with Gasteiger partial charge in [-0.05, 0) is 101 Å². The number of para-hydroxylation sites is 1. The third kappa shape index (κ3) is 6.20. The first kappa shape index (κ1) is 36.3. The van der Waals surface area contributed by atoms with Gasteiger partial charge in [0.1, 0.15) is 11.2 Å². The van der Waals surface area contributed by atoms with Crippen molar-refractivity contribution in [2.24, 2.45) is 10.9 Å². The molecular weight excluding hydrogens is 747 g/mol. The van der Waals surface area contributed by atoms with Gasteiger partial charge in [0, 0.05) is 53.7 Å². The number of furan rings is 1. The Labute approximate surface area is 354 Å². The first-order valence-corrected chi connectivity index (χ1v) is 21.9. The predicted octanol–water partition coefficient (Wildman–Crippen LogP) is 16.6. The molecule has 0 aliphatic carbocycles. The van der Waals surface area contributed by atoms with Crippen LogP contribution in [0.1, 0.15) is 49.8 Å². The topological polar surface area (TPSA) is 25.5 Å². The Balaban J connectivity index is 1.11. The summed E-state index contributed by atoms with van der Waals surface area (Å²) < 4.78 is 9.50. The molecule has 3 heteroatoms. The number of hydrogen-bond acceptors (Lipinski definition) is 3. The van der Waals surface area contributed by atoms with Crippen LogP contribution < -0.4 is 0 Å². The van der Waals surface area contributed by atoms with Gasteiger partial charge in [-0.15, -0.1) is 11.3 Å². The molecule has 0 amide bonds. The molecule has 0 fully saturated rings. The molecule has 0 N–H and O–H groups in total. The summed E-state index contributed by atoms with van der Waals surface area (Å²) in [5.41, 5.74) is 14.9. The van der Waals surface area contributed by atoms with Crippen molar-refractivity contribution < 1.29 is 4.42 Å². The summed E-state index contributed by atoms with van der Waals surface area (Å²) in [4.78, 5) is 5.74. The van der Waals surface area contributed by atoms with E-state index in [0.717, 1.165) is 86.0 Å². The number of thiophene rings is 1. The second-order valence-corrected chi connectivity index (χ2v) is 17.1. The average molecular weight is 790 g/mol. The minimum absolute atomic E-state index is 0.183. The van der Waals surface area contributed by atoms with Crippen molar-refractivity contribution >= 4 is 81.2 Å². The summed E-state index contributed by atoms with van der Waals surface area (Å²) in [6.45, 7) is 4.69. The minimum Gasteiger partial charge on any atom is -0.455 e. The maximum Gasteiger partial charge on any atom is 0.143 e. The zero-order valence-corrected chi connectivity index (χ0v) is 34.6. The third-order valence-electron chi connectivity index (χ3n) is 12.5.